The van der Waals surface area contributed by atoms with Gasteiger partial charge in [-0.3, -0.25) is 4.72 Å². The van der Waals surface area contributed by atoms with Gasteiger partial charge in [0.25, 0.3) is 10.0 Å². The average molecular weight is 467 g/mol. The van der Waals surface area contributed by atoms with E-state index in [1.807, 2.05) is 18.6 Å². The quantitative estimate of drug-likeness (QED) is 0.441. The number of aromatic nitrogens is 1. The number of hydrogen-bond acceptors (Lipinski definition) is 6. The molecule has 0 saturated carbocycles. The molecule has 29 heavy (non-hydrogen) atoms. The number of unbranched alkanes of at least 4 members (excludes halogenated alkanes) is 1. The van der Waals surface area contributed by atoms with Crippen molar-refractivity contribution >= 4 is 43.8 Å². The van der Waals surface area contributed by atoms with E-state index < -0.39 is 25.9 Å². The van der Waals surface area contributed by atoms with Gasteiger partial charge >= 0.3 is 0 Å². The van der Waals surface area contributed by atoms with Crippen LogP contribution < -0.4 is 15.4 Å². The lowest BCUT2D eigenvalue weighted by Crippen LogP contribution is -2.39. The van der Waals surface area contributed by atoms with Gasteiger partial charge in [-0.2, -0.15) is 4.39 Å². The summed E-state index contributed by atoms with van der Waals surface area (Å²) in [5, 5.41) is 5.74. The van der Waals surface area contributed by atoms with Crippen molar-refractivity contribution in [2.24, 2.45) is 0 Å². The predicted octanol–water partition coefficient (Wildman–Crippen LogP) is 4.84. The second kappa shape index (κ2) is 10.5. The zero-order valence-electron chi connectivity index (χ0n) is 16.4. The van der Waals surface area contributed by atoms with E-state index in [4.69, 9.17) is 11.6 Å². The normalized spacial score (nSPS) is 12.9. The number of benzene rings is 1. The Bertz CT molecular complexity index is 923. The molecule has 0 unspecified atom stereocenters. The van der Waals surface area contributed by atoms with Crippen LogP contribution in [0.1, 0.15) is 40.0 Å². The van der Waals surface area contributed by atoms with E-state index in [9.17, 15) is 17.2 Å². The molecule has 1 aromatic carbocycles. The lowest BCUT2D eigenvalue weighted by Gasteiger charge is -2.22. The van der Waals surface area contributed by atoms with Crippen LogP contribution in [0.4, 0.5) is 19.6 Å². The molecule has 3 N–H and O–H groups in total. The first-order valence-corrected chi connectivity index (χ1v) is 11.9. The molecule has 162 valence electrons. The first-order chi connectivity index (χ1) is 13.6. The van der Waals surface area contributed by atoms with Crippen molar-refractivity contribution in [3.8, 4) is 0 Å². The van der Waals surface area contributed by atoms with E-state index in [1.165, 1.54) is 0 Å². The summed E-state index contributed by atoms with van der Waals surface area (Å²) in [6.45, 7) is 6.72. The van der Waals surface area contributed by atoms with Crippen molar-refractivity contribution in [3.63, 3.8) is 0 Å². The van der Waals surface area contributed by atoms with E-state index in [-0.39, 0.29) is 16.2 Å². The van der Waals surface area contributed by atoms with Gasteiger partial charge in [0.05, 0.1) is 16.9 Å². The summed E-state index contributed by atoms with van der Waals surface area (Å²) >= 11 is 6.70. The van der Waals surface area contributed by atoms with Crippen LogP contribution in [0, 0.1) is 10.9 Å². The van der Waals surface area contributed by atoms with Crippen molar-refractivity contribution in [2.75, 3.05) is 16.6 Å². The maximum Gasteiger partial charge on any atom is 0.266 e. The summed E-state index contributed by atoms with van der Waals surface area (Å²) in [5.41, 5.74) is 0.301. The van der Waals surface area contributed by atoms with Crippen LogP contribution in [0.25, 0.3) is 0 Å². The number of anilines is 2. The number of sulfonamides is 1. The Morgan fingerprint density at radius 3 is 2.59 bits per heavy atom. The predicted molar refractivity (Wildman–Crippen MR) is 114 cm³/mol. The van der Waals surface area contributed by atoms with Gasteiger partial charge in [-0.05, 0) is 18.6 Å². The minimum atomic E-state index is -4.30. The summed E-state index contributed by atoms with van der Waals surface area (Å²) in [6.07, 6.45) is 3.93. The van der Waals surface area contributed by atoms with E-state index in [2.05, 4.69) is 22.5 Å². The summed E-state index contributed by atoms with van der Waals surface area (Å²) < 4.78 is 54.4. The summed E-state index contributed by atoms with van der Waals surface area (Å²) in [4.78, 5) is 2.94. The molecule has 1 aromatic heterocycles. The lowest BCUT2D eigenvalue weighted by molar-refractivity contribution is 0.441. The first kappa shape index (κ1) is 23.8. The van der Waals surface area contributed by atoms with Crippen LogP contribution in [0.2, 0.25) is 5.02 Å². The van der Waals surface area contributed by atoms with Gasteiger partial charge in [0, 0.05) is 18.6 Å². The summed E-state index contributed by atoms with van der Waals surface area (Å²) in [7, 11) is -4.30. The second-order valence-corrected chi connectivity index (χ2v) is 9.92. The van der Waals surface area contributed by atoms with E-state index >= 15 is 0 Å². The highest BCUT2D eigenvalue weighted by Crippen LogP contribution is 2.30. The third kappa shape index (κ3) is 7.06. The number of rotatable bonds is 11. The molecule has 0 aliphatic rings. The zero-order valence-corrected chi connectivity index (χ0v) is 18.8. The molecule has 2 rings (SSSR count). The van der Waals surface area contributed by atoms with Gasteiger partial charge in [-0.15, -0.1) is 0 Å². The number of nitrogens with zero attached hydrogens (tertiary/aromatic N) is 1. The van der Waals surface area contributed by atoms with Crippen molar-refractivity contribution < 1.29 is 17.2 Å². The maximum atomic E-state index is 14.5. The third-order valence-corrected chi connectivity index (χ3v) is 6.52. The third-order valence-electron chi connectivity index (χ3n) is 4.02. The van der Waals surface area contributed by atoms with Crippen LogP contribution in [0.15, 0.2) is 23.2 Å². The minimum absolute atomic E-state index is 0.0656. The van der Waals surface area contributed by atoms with Gasteiger partial charge in [-0.25, -0.2) is 17.8 Å². The maximum absolute atomic E-state index is 14.5. The molecular formula is C18H25ClF2N4O2S2. The summed E-state index contributed by atoms with van der Waals surface area (Å²) in [6, 6.07) is 2.53. The van der Waals surface area contributed by atoms with Crippen LogP contribution in [-0.2, 0) is 10.0 Å². The Morgan fingerprint density at radius 1 is 1.28 bits per heavy atom. The zero-order chi connectivity index (χ0) is 21.6. The second-order valence-electron chi connectivity index (χ2n) is 6.88. The highest BCUT2D eigenvalue weighted by molar-refractivity contribution is 7.93. The minimum Gasteiger partial charge on any atom is -0.382 e. The van der Waals surface area contributed by atoms with Gasteiger partial charge < -0.3 is 10.6 Å². The molecule has 0 radical (unpaired) electrons. The number of halogens is 3. The van der Waals surface area contributed by atoms with Gasteiger partial charge in [0.2, 0.25) is 0 Å². The number of thiazole rings is 1. The number of hydrogen-bond donors (Lipinski definition) is 3. The molecule has 1 atom stereocenters. The fraction of sp³-hybridized carbons (Fsp3) is 0.500. The van der Waals surface area contributed by atoms with E-state index in [0.717, 1.165) is 37.6 Å². The van der Waals surface area contributed by atoms with Crippen molar-refractivity contribution in [1.82, 2.24) is 10.3 Å². The highest BCUT2D eigenvalue weighted by Gasteiger charge is 2.23. The molecule has 0 bridgehead atoms. The molecule has 0 aliphatic carbocycles. The Labute approximate surface area is 179 Å². The van der Waals surface area contributed by atoms with Crippen LogP contribution in [0.3, 0.4) is 0 Å². The Balaban J connectivity index is 2.15. The molecule has 0 fully saturated rings. The molecule has 2 aromatic rings. The fourth-order valence-corrected chi connectivity index (χ4v) is 4.91. The molecule has 6 nitrogen and oxygen atoms in total. The first-order valence-electron chi connectivity index (χ1n) is 9.25. The van der Waals surface area contributed by atoms with Gasteiger partial charge in [-0.1, -0.05) is 56.6 Å². The van der Waals surface area contributed by atoms with Crippen molar-refractivity contribution in [1.29, 1.82) is 0 Å². The standard InChI is InChI=1S/C18H25ClF2N4O2S2/c1-4-5-6-12(24-11(2)3)9-22-15-8-14(20)16(7-13(15)19)29(26,27)25-18-23-10-17(21)28-18/h7-8,10-12,22,24H,4-6,9H2,1-3H3,(H,23,25)/t12-/m0/s1. The van der Waals surface area contributed by atoms with E-state index in [0.29, 0.717) is 29.6 Å². The lowest BCUT2D eigenvalue weighted by atomic mass is 10.1. The molecule has 0 amide bonds. The topological polar surface area (TPSA) is 83.1 Å². The van der Waals surface area contributed by atoms with Crippen molar-refractivity contribution in [3.05, 3.63) is 34.3 Å². The fourth-order valence-electron chi connectivity index (χ4n) is 2.74. The van der Waals surface area contributed by atoms with Gasteiger partial charge in [0.1, 0.15) is 10.7 Å². The van der Waals surface area contributed by atoms with Crippen molar-refractivity contribution in [2.45, 2.75) is 57.0 Å². The largest absolute Gasteiger partial charge is 0.382 e. The average Bonchev–Trinajstić information content (AvgIpc) is 3.03. The molecule has 0 saturated heterocycles. The number of nitrogens with one attached hydrogen (secondary N) is 3. The van der Waals surface area contributed by atoms with Gasteiger partial charge in [0.15, 0.2) is 10.3 Å². The molecule has 0 aliphatic heterocycles. The van der Waals surface area contributed by atoms with Crippen LogP contribution in [-0.4, -0.2) is 32.0 Å². The Morgan fingerprint density at radius 2 is 2.00 bits per heavy atom. The molecular weight excluding hydrogens is 442 g/mol. The van der Waals surface area contributed by atoms with Crippen LogP contribution in [0.5, 0.6) is 0 Å². The smallest absolute Gasteiger partial charge is 0.266 e. The van der Waals surface area contributed by atoms with Crippen LogP contribution >= 0.6 is 22.9 Å². The van der Waals surface area contributed by atoms with E-state index in [1.54, 1.807) is 0 Å². The Kier molecular flexibility index (Phi) is 8.62. The summed E-state index contributed by atoms with van der Waals surface area (Å²) in [5.74, 6) is -0.969. The monoisotopic (exact) mass is 466 g/mol. The Hall–Kier alpha value is -1.49. The SMILES string of the molecule is CCCC[C@@H](CNc1cc(F)c(S(=O)(=O)Nc2ncc(F)s2)cc1Cl)NC(C)C. The molecule has 0 spiro atoms. The molecule has 1 heterocycles. The highest BCUT2D eigenvalue weighted by atomic mass is 35.5. The molecule has 11 heteroatoms.